The summed E-state index contributed by atoms with van der Waals surface area (Å²) >= 11 is 0. The van der Waals surface area contributed by atoms with Gasteiger partial charge < -0.3 is 15.5 Å². The Labute approximate surface area is 242 Å². The van der Waals surface area contributed by atoms with Crippen molar-refractivity contribution in [1.29, 1.82) is 0 Å². The van der Waals surface area contributed by atoms with Crippen LogP contribution >= 0.6 is 0 Å². The van der Waals surface area contributed by atoms with Gasteiger partial charge in [0.1, 0.15) is 11.8 Å². The van der Waals surface area contributed by atoms with Crippen molar-refractivity contribution < 1.29 is 18.0 Å². The van der Waals surface area contributed by atoms with E-state index < -0.39 is 23.7 Å². The molecule has 1 amide bonds. The second-order valence-corrected chi connectivity index (χ2v) is 11.2. The molecule has 10 heteroatoms. The molecule has 0 radical (unpaired) electrons. The third-order valence-electron chi connectivity index (χ3n) is 8.40. The molecule has 1 aliphatic heterocycles. The van der Waals surface area contributed by atoms with E-state index in [4.69, 9.17) is 0 Å². The number of amides is 1. The number of halogens is 3. The lowest BCUT2D eigenvalue weighted by atomic mass is 9.83. The zero-order chi connectivity index (χ0) is 29.3. The van der Waals surface area contributed by atoms with E-state index in [2.05, 4.69) is 30.5 Å². The number of aromatic nitrogens is 3. The minimum atomic E-state index is -4.51. The number of aryl methyl sites for hydroxylation is 1. The van der Waals surface area contributed by atoms with Gasteiger partial charge in [0.15, 0.2) is 5.82 Å². The lowest BCUT2D eigenvalue weighted by Gasteiger charge is -2.42. The number of nitrogens with zero attached hydrogens (tertiary/aromatic N) is 4. The largest absolute Gasteiger partial charge is 0.416 e. The van der Waals surface area contributed by atoms with Crippen LogP contribution in [-0.2, 0) is 11.0 Å². The van der Waals surface area contributed by atoms with Gasteiger partial charge in [0.25, 0.3) is 0 Å². The molecular formula is C32H33F3N6O. The molecule has 0 spiro atoms. The molecule has 2 atom stereocenters. The van der Waals surface area contributed by atoms with Gasteiger partial charge in [-0.05, 0) is 80.1 Å². The molecule has 1 saturated heterocycles. The molecule has 6 rings (SSSR count). The average molecular weight is 575 g/mol. The van der Waals surface area contributed by atoms with Gasteiger partial charge in [0.2, 0.25) is 5.91 Å². The van der Waals surface area contributed by atoms with Crippen LogP contribution in [0.5, 0.6) is 0 Å². The Bertz CT molecular complexity index is 1560. The van der Waals surface area contributed by atoms with E-state index in [0.717, 1.165) is 30.2 Å². The number of hydrogen-bond donors (Lipinski definition) is 2. The topological polar surface area (TPSA) is 83.0 Å². The Morgan fingerprint density at radius 3 is 2.45 bits per heavy atom. The number of pyridine rings is 1. The number of rotatable bonds is 6. The van der Waals surface area contributed by atoms with Crippen LogP contribution in [0.2, 0.25) is 0 Å². The molecular weight excluding hydrogens is 541 g/mol. The predicted octanol–water partition coefficient (Wildman–Crippen LogP) is 7.30. The Hall–Kier alpha value is -4.21. The maximum atomic E-state index is 13.9. The average Bonchev–Trinajstić information content (AvgIpc) is 3.50. The first-order chi connectivity index (χ1) is 20.3. The van der Waals surface area contributed by atoms with Crippen molar-refractivity contribution in [3.8, 4) is 0 Å². The van der Waals surface area contributed by atoms with E-state index in [0.29, 0.717) is 42.3 Å². The molecule has 0 bridgehead atoms. The first kappa shape index (κ1) is 27.9. The van der Waals surface area contributed by atoms with Crippen molar-refractivity contribution in [2.24, 2.45) is 5.92 Å². The molecule has 2 aromatic heterocycles. The lowest BCUT2D eigenvalue weighted by Crippen LogP contribution is -2.44. The number of benzene rings is 2. The highest BCUT2D eigenvalue weighted by molar-refractivity contribution is 5.94. The second-order valence-electron chi connectivity index (χ2n) is 11.2. The van der Waals surface area contributed by atoms with E-state index in [-0.39, 0.29) is 17.2 Å². The van der Waals surface area contributed by atoms with Crippen LogP contribution in [0.3, 0.4) is 0 Å². The Balaban J connectivity index is 1.35. The van der Waals surface area contributed by atoms with Gasteiger partial charge in [-0.1, -0.05) is 31.0 Å². The highest BCUT2D eigenvalue weighted by Gasteiger charge is 2.39. The van der Waals surface area contributed by atoms with Crippen LogP contribution in [-0.4, -0.2) is 33.4 Å². The van der Waals surface area contributed by atoms with Crippen LogP contribution in [0.4, 0.5) is 30.4 Å². The SMILES string of the molecule is Cc1ccc(NC(=O)[C@H]2CCCN(c3ncnc4cccnc34)[C@H]2c2ccc(NC3CCCC3)cc2)cc1C(F)(F)F. The highest BCUT2D eigenvalue weighted by atomic mass is 19.4. The third kappa shape index (κ3) is 5.75. The number of anilines is 3. The highest BCUT2D eigenvalue weighted by Crippen LogP contribution is 2.41. The summed E-state index contributed by atoms with van der Waals surface area (Å²) < 4.78 is 40.8. The van der Waals surface area contributed by atoms with E-state index in [9.17, 15) is 18.0 Å². The number of carbonyl (C=O) groups is 1. The maximum Gasteiger partial charge on any atom is 0.416 e. The zero-order valence-electron chi connectivity index (χ0n) is 23.4. The smallest absolute Gasteiger partial charge is 0.382 e. The number of carbonyl (C=O) groups excluding carboxylic acids is 1. The lowest BCUT2D eigenvalue weighted by molar-refractivity contribution is -0.138. The molecule has 218 valence electrons. The molecule has 1 saturated carbocycles. The molecule has 2 N–H and O–H groups in total. The van der Waals surface area contributed by atoms with E-state index in [1.807, 2.05) is 36.4 Å². The van der Waals surface area contributed by atoms with Crippen LogP contribution in [0.25, 0.3) is 11.0 Å². The summed E-state index contributed by atoms with van der Waals surface area (Å²) in [6.07, 6.45) is 4.74. The number of hydrogen-bond acceptors (Lipinski definition) is 6. The van der Waals surface area contributed by atoms with Crippen molar-refractivity contribution in [2.75, 3.05) is 22.1 Å². The third-order valence-corrected chi connectivity index (χ3v) is 8.40. The Kier molecular flexibility index (Phi) is 7.70. The summed E-state index contributed by atoms with van der Waals surface area (Å²) in [5, 5.41) is 6.40. The van der Waals surface area contributed by atoms with Crippen LogP contribution in [0, 0.1) is 12.8 Å². The fourth-order valence-corrected chi connectivity index (χ4v) is 6.33. The molecule has 42 heavy (non-hydrogen) atoms. The van der Waals surface area contributed by atoms with Crippen molar-refractivity contribution >= 4 is 34.1 Å². The van der Waals surface area contributed by atoms with Gasteiger partial charge in [-0.3, -0.25) is 9.78 Å². The first-order valence-corrected chi connectivity index (χ1v) is 14.5. The van der Waals surface area contributed by atoms with Gasteiger partial charge in [-0.2, -0.15) is 13.2 Å². The minimum Gasteiger partial charge on any atom is -0.382 e. The van der Waals surface area contributed by atoms with Crippen molar-refractivity contribution in [2.45, 2.75) is 63.7 Å². The quantitative estimate of drug-likeness (QED) is 0.251. The van der Waals surface area contributed by atoms with Gasteiger partial charge in [-0.25, -0.2) is 9.97 Å². The van der Waals surface area contributed by atoms with Gasteiger partial charge in [0, 0.05) is 30.2 Å². The Morgan fingerprint density at radius 2 is 1.69 bits per heavy atom. The van der Waals surface area contributed by atoms with Crippen molar-refractivity contribution in [3.05, 3.63) is 83.8 Å². The summed E-state index contributed by atoms with van der Waals surface area (Å²) in [5.74, 6) is -0.246. The summed E-state index contributed by atoms with van der Waals surface area (Å²) in [4.78, 5) is 29.5. The standard InChI is InChI=1S/C32H33F3N6O/c1-20-10-13-24(18-26(20)32(33,34)35)40-31(42)25-8-5-17-41(30-28-27(37-19-38-30)9-4-16-36-28)29(25)21-11-14-23(15-12-21)39-22-6-2-3-7-22/h4,9-16,18-19,22,25,29,39H,2-3,5-8,17H2,1H3,(H,40,42)/t25-,29-/m0/s1. The molecule has 2 fully saturated rings. The number of fused-ring (bicyclic) bond motifs is 1. The second kappa shape index (κ2) is 11.6. The first-order valence-electron chi connectivity index (χ1n) is 14.5. The summed E-state index contributed by atoms with van der Waals surface area (Å²) in [5.41, 5.74) is 2.76. The fraction of sp³-hybridized carbons (Fsp3) is 0.375. The molecule has 1 aliphatic carbocycles. The Morgan fingerprint density at radius 1 is 0.929 bits per heavy atom. The predicted molar refractivity (Wildman–Crippen MR) is 157 cm³/mol. The van der Waals surface area contributed by atoms with Gasteiger partial charge >= 0.3 is 6.18 Å². The number of alkyl halides is 3. The van der Waals surface area contributed by atoms with Crippen LogP contribution in [0.15, 0.2) is 67.1 Å². The van der Waals surface area contributed by atoms with Gasteiger partial charge in [-0.15, -0.1) is 0 Å². The molecule has 3 heterocycles. The molecule has 2 aliphatic rings. The number of piperidine rings is 1. The van der Waals surface area contributed by atoms with Crippen molar-refractivity contribution in [1.82, 2.24) is 15.0 Å². The van der Waals surface area contributed by atoms with E-state index in [1.54, 1.807) is 6.20 Å². The monoisotopic (exact) mass is 574 g/mol. The summed E-state index contributed by atoms with van der Waals surface area (Å²) in [6.45, 7) is 2.05. The normalized spacial score (nSPS) is 19.7. The van der Waals surface area contributed by atoms with Crippen molar-refractivity contribution in [3.63, 3.8) is 0 Å². The van der Waals surface area contributed by atoms with Gasteiger partial charge in [0.05, 0.1) is 23.0 Å². The molecule has 2 aromatic carbocycles. The minimum absolute atomic E-state index is 0.108. The molecule has 4 aromatic rings. The molecule has 7 nitrogen and oxygen atoms in total. The fourth-order valence-electron chi connectivity index (χ4n) is 6.33. The maximum absolute atomic E-state index is 13.9. The zero-order valence-corrected chi connectivity index (χ0v) is 23.4. The molecule has 0 unspecified atom stereocenters. The van der Waals surface area contributed by atoms with Crippen LogP contribution < -0.4 is 15.5 Å². The number of nitrogens with one attached hydrogen (secondary N) is 2. The summed E-state index contributed by atoms with van der Waals surface area (Å²) in [7, 11) is 0. The van der Waals surface area contributed by atoms with Crippen LogP contribution in [0.1, 0.15) is 61.3 Å². The van der Waals surface area contributed by atoms with E-state index >= 15 is 0 Å². The summed E-state index contributed by atoms with van der Waals surface area (Å²) in [6, 6.07) is 15.8. The van der Waals surface area contributed by atoms with E-state index in [1.165, 1.54) is 38.2 Å².